The number of piperazine rings is 1. The number of hydrogen-bond donors (Lipinski definition) is 1. The largest absolute Gasteiger partial charge is 0.497 e. The molecule has 1 aromatic carbocycles. The van der Waals surface area contributed by atoms with Crippen LogP contribution in [0, 0.1) is 0 Å². The molecule has 1 fully saturated rings. The van der Waals surface area contributed by atoms with E-state index in [-0.39, 0.29) is 0 Å². The fourth-order valence-corrected chi connectivity index (χ4v) is 2.98. The second-order valence-corrected chi connectivity index (χ2v) is 5.64. The Bertz CT molecular complexity index is 571. The lowest BCUT2D eigenvalue weighted by atomic mass is 10.0. The molecule has 0 amide bonds. The average molecular weight is 297 g/mol. The first kappa shape index (κ1) is 15.0. The third kappa shape index (κ3) is 3.64. The zero-order chi connectivity index (χ0) is 15.2. The van der Waals surface area contributed by atoms with Gasteiger partial charge in [-0.3, -0.25) is 9.88 Å². The average Bonchev–Trinajstić information content (AvgIpc) is 2.61. The molecule has 1 atom stereocenters. The van der Waals surface area contributed by atoms with Crippen LogP contribution in [0.25, 0.3) is 0 Å². The molecule has 1 saturated heterocycles. The summed E-state index contributed by atoms with van der Waals surface area (Å²) in [6.45, 7) is 4.19. The second kappa shape index (κ2) is 7.38. The highest BCUT2D eigenvalue weighted by Crippen LogP contribution is 2.22. The Kier molecular flexibility index (Phi) is 5.03. The molecule has 0 radical (unpaired) electrons. The predicted octanol–water partition coefficient (Wildman–Crippen LogP) is 2.28. The van der Waals surface area contributed by atoms with Crippen LogP contribution in [0.15, 0.2) is 48.8 Å². The van der Waals surface area contributed by atoms with Crippen molar-refractivity contribution in [3.05, 3.63) is 59.9 Å². The van der Waals surface area contributed by atoms with Crippen molar-refractivity contribution in [2.45, 2.75) is 12.5 Å². The van der Waals surface area contributed by atoms with Crippen molar-refractivity contribution in [3.63, 3.8) is 0 Å². The first-order valence-electron chi connectivity index (χ1n) is 7.84. The number of nitrogens with one attached hydrogen (secondary N) is 1. The van der Waals surface area contributed by atoms with Crippen LogP contribution >= 0.6 is 0 Å². The highest BCUT2D eigenvalue weighted by Gasteiger charge is 2.23. The van der Waals surface area contributed by atoms with Gasteiger partial charge >= 0.3 is 0 Å². The summed E-state index contributed by atoms with van der Waals surface area (Å²) in [6.07, 6.45) is 4.88. The highest BCUT2D eigenvalue weighted by atomic mass is 16.5. The van der Waals surface area contributed by atoms with Crippen molar-refractivity contribution in [1.29, 1.82) is 0 Å². The van der Waals surface area contributed by atoms with E-state index in [2.05, 4.69) is 33.4 Å². The summed E-state index contributed by atoms with van der Waals surface area (Å²) in [7, 11) is 1.70. The van der Waals surface area contributed by atoms with Crippen LogP contribution in [-0.4, -0.2) is 43.2 Å². The summed E-state index contributed by atoms with van der Waals surface area (Å²) in [5.74, 6) is 0.916. The van der Waals surface area contributed by atoms with E-state index in [0.717, 1.165) is 38.3 Å². The van der Waals surface area contributed by atoms with Gasteiger partial charge < -0.3 is 10.1 Å². The van der Waals surface area contributed by atoms with Gasteiger partial charge in [-0.15, -0.1) is 0 Å². The van der Waals surface area contributed by atoms with Crippen LogP contribution in [0.3, 0.4) is 0 Å². The van der Waals surface area contributed by atoms with Crippen LogP contribution in [0.1, 0.15) is 17.2 Å². The molecule has 0 bridgehead atoms. The molecule has 4 heteroatoms. The van der Waals surface area contributed by atoms with E-state index in [4.69, 9.17) is 4.74 Å². The minimum atomic E-state index is 0.417. The zero-order valence-electron chi connectivity index (χ0n) is 13.0. The molecule has 4 nitrogen and oxygen atoms in total. The van der Waals surface area contributed by atoms with Gasteiger partial charge in [0.15, 0.2) is 0 Å². The molecule has 0 spiro atoms. The lowest BCUT2D eigenvalue weighted by Gasteiger charge is -2.36. The molecule has 1 N–H and O–H groups in total. The fraction of sp³-hybridized carbons (Fsp3) is 0.389. The standard InChI is InChI=1S/C18H23N3O/c1-22-17-6-4-15(5-7-17)8-11-21-12-10-20-14-18(21)16-3-2-9-19-13-16/h2-7,9,13,18,20H,8,10-12,14H2,1H3. The van der Waals surface area contributed by atoms with E-state index < -0.39 is 0 Å². The Morgan fingerprint density at radius 3 is 2.86 bits per heavy atom. The number of methoxy groups -OCH3 is 1. The van der Waals surface area contributed by atoms with Gasteiger partial charge in [0.1, 0.15) is 5.75 Å². The molecule has 1 aromatic heterocycles. The van der Waals surface area contributed by atoms with Crippen molar-refractivity contribution in [3.8, 4) is 5.75 Å². The first-order valence-corrected chi connectivity index (χ1v) is 7.84. The maximum atomic E-state index is 5.21. The Hall–Kier alpha value is -1.91. The Morgan fingerprint density at radius 1 is 1.27 bits per heavy atom. The van der Waals surface area contributed by atoms with E-state index in [0.29, 0.717) is 6.04 Å². The van der Waals surface area contributed by atoms with Gasteiger partial charge in [-0.25, -0.2) is 0 Å². The van der Waals surface area contributed by atoms with Crippen molar-refractivity contribution >= 4 is 0 Å². The summed E-state index contributed by atoms with van der Waals surface area (Å²) in [4.78, 5) is 6.82. The molecule has 0 saturated carbocycles. The molecule has 3 rings (SSSR count). The van der Waals surface area contributed by atoms with Crippen molar-refractivity contribution in [2.75, 3.05) is 33.3 Å². The maximum absolute atomic E-state index is 5.21. The predicted molar refractivity (Wildman–Crippen MR) is 88.1 cm³/mol. The number of rotatable bonds is 5. The van der Waals surface area contributed by atoms with E-state index in [1.54, 1.807) is 7.11 Å². The molecule has 22 heavy (non-hydrogen) atoms. The summed E-state index contributed by atoms with van der Waals surface area (Å²) >= 11 is 0. The molecular weight excluding hydrogens is 274 g/mol. The van der Waals surface area contributed by atoms with Crippen LogP contribution < -0.4 is 10.1 Å². The lowest BCUT2D eigenvalue weighted by Crippen LogP contribution is -2.46. The molecule has 1 unspecified atom stereocenters. The molecule has 2 aromatic rings. The van der Waals surface area contributed by atoms with Crippen LogP contribution in [0.5, 0.6) is 5.75 Å². The molecule has 116 valence electrons. The third-order valence-corrected chi connectivity index (χ3v) is 4.27. The zero-order valence-corrected chi connectivity index (χ0v) is 13.0. The Morgan fingerprint density at radius 2 is 2.14 bits per heavy atom. The number of ether oxygens (including phenoxy) is 1. The minimum Gasteiger partial charge on any atom is -0.497 e. The van der Waals surface area contributed by atoms with Gasteiger partial charge in [-0.1, -0.05) is 18.2 Å². The number of benzene rings is 1. The van der Waals surface area contributed by atoms with E-state index in [9.17, 15) is 0 Å². The number of aromatic nitrogens is 1. The molecular formula is C18H23N3O. The van der Waals surface area contributed by atoms with E-state index >= 15 is 0 Å². The number of pyridine rings is 1. The fourth-order valence-electron chi connectivity index (χ4n) is 2.98. The van der Waals surface area contributed by atoms with Crippen molar-refractivity contribution < 1.29 is 4.74 Å². The number of hydrogen-bond acceptors (Lipinski definition) is 4. The third-order valence-electron chi connectivity index (χ3n) is 4.27. The van der Waals surface area contributed by atoms with Crippen LogP contribution in [-0.2, 0) is 6.42 Å². The van der Waals surface area contributed by atoms with Crippen molar-refractivity contribution in [2.24, 2.45) is 0 Å². The van der Waals surface area contributed by atoms with Gasteiger partial charge in [-0.05, 0) is 35.7 Å². The van der Waals surface area contributed by atoms with Crippen molar-refractivity contribution in [1.82, 2.24) is 15.2 Å². The Labute approximate surface area is 132 Å². The smallest absolute Gasteiger partial charge is 0.118 e. The lowest BCUT2D eigenvalue weighted by molar-refractivity contribution is 0.164. The molecule has 2 heterocycles. The minimum absolute atomic E-state index is 0.417. The summed E-state index contributed by atoms with van der Waals surface area (Å²) in [6, 6.07) is 13.0. The monoisotopic (exact) mass is 297 g/mol. The highest BCUT2D eigenvalue weighted by molar-refractivity contribution is 5.27. The molecule has 1 aliphatic heterocycles. The van der Waals surface area contributed by atoms with Gasteiger partial charge in [0.25, 0.3) is 0 Å². The normalized spacial score (nSPS) is 19.0. The first-order chi connectivity index (χ1) is 10.9. The summed E-state index contributed by atoms with van der Waals surface area (Å²) in [5, 5.41) is 3.49. The maximum Gasteiger partial charge on any atom is 0.118 e. The second-order valence-electron chi connectivity index (χ2n) is 5.64. The molecule has 1 aliphatic rings. The van der Waals surface area contributed by atoms with Crippen LogP contribution in [0.2, 0.25) is 0 Å². The summed E-state index contributed by atoms with van der Waals surface area (Å²) in [5.41, 5.74) is 2.65. The summed E-state index contributed by atoms with van der Waals surface area (Å²) < 4.78 is 5.21. The quantitative estimate of drug-likeness (QED) is 0.919. The van der Waals surface area contributed by atoms with Crippen LogP contribution in [0.4, 0.5) is 0 Å². The van der Waals surface area contributed by atoms with Gasteiger partial charge in [0.05, 0.1) is 7.11 Å². The topological polar surface area (TPSA) is 37.4 Å². The van der Waals surface area contributed by atoms with Gasteiger partial charge in [-0.2, -0.15) is 0 Å². The van der Waals surface area contributed by atoms with Gasteiger partial charge in [0.2, 0.25) is 0 Å². The Balaban J connectivity index is 1.64. The van der Waals surface area contributed by atoms with E-state index in [1.165, 1.54) is 11.1 Å². The molecule has 0 aliphatic carbocycles. The van der Waals surface area contributed by atoms with Gasteiger partial charge in [0, 0.05) is 44.6 Å². The van der Waals surface area contributed by atoms with E-state index in [1.807, 2.05) is 30.6 Å². The number of nitrogens with zero attached hydrogens (tertiary/aromatic N) is 2. The SMILES string of the molecule is COc1ccc(CCN2CCNCC2c2cccnc2)cc1.